The molecule has 0 aromatic carbocycles. The van der Waals surface area contributed by atoms with Crippen molar-refractivity contribution < 1.29 is 9.59 Å². The maximum Gasteiger partial charge on any atom is 0.252 e. The van der Waals surface area contributed by atoms with Gasteiger partial charge in [0.25, 0.3) is 5.91 Å². The van der Waals surface area contributed by atoms with Gasteiger partial charge in [-0.3, -0.25) is 9.59 Å². The van der Waals surface area contributed by atoms with Crippen molar-refractivity contribution in [2.45, 2.75) is 25.3 Å². The van der Waals surface area contributed by atoms with Crippen LogP contribution < -0.4 is 21.3 Å². The van der Waals surface area contributed by atoms with Gasteiger partial charge >= 0.3 is 0 Å². The van der Waals surface area contributed by atoms with Crippen molar-refractivity contribution in [1.82, 2.24) is 20.5 Å². The Morgan fingerprint density at radius 3 is 2.63 bits per heavy atom. The lowest BCUT2D eigenvalue weighted by Crippen LogP contribution is -2.53. The summed E-state index contributed by atoms with van der Waals surface area (Å²) in [5.74, 6) is 0.352. The highest BCUT2D eigenvalue weighted by atomic mass is 16.2. The lowest BCUT2D eigenvalue weighted by molar-refractivity contribution is -0.133. The summed E-state index contributed by atoms with van der Waals surface area (Å²) in [4.78, 5) is 32.9. The van der Waals surface area contributed by atoms with Crippen molar-refractivity contribution in [2.75, 3.05) is 50.7 Å². The molecule has 4 rings (SSSR count). The molecular formula is C19H28N6O2. The maximum absolute atomic E-state index is 13.0. The van der Waals surface area contributed by atoms with Gasteiger partial charge in [0.1, 0.15) is 5.82 Å². The van der Waals surface area contributed by atoms with Crippen molar-refractivity contribution in [1.29, 1.82) is 0 Å². The number of nitrogens with two attached hydrogens (primary N) is 1. The molecule has 8 nitrogen and oxygen atoms in total. The quantitative estimate of drug-likeness (QED) is 0.665. The van der Waals surface area contributed by atoms with Gasteiger partial charge in [0, 0.05) is 38.9 Å². The Morgan fingerprint density at radius 2 is 1.93 bits per heavy atom. The number of nitrogens with zero attached hydrogens (tertiary/aromatic N) is 3. The van der Waals surface area contributed by atoms with Crippen LogP contribution in [0.3, 0.4) is 0 Å². The van der Waals surface area contributed by atoms with Gasteiger partial charge < -0.3 is 26.2 Å². The molecule has 2 amide bonds. The monoisotopic (exact) mass is 372 g/mol. The number of hydrogen-bond acceptors (Lipinski definition) is 6. The fourth-order valence-corrected chi connectivity index (χ4v) is 4.63. The van der Waals surface area contributed by atoms with Gasteiger partial charge in [-0.1, -0.05) is 0 Å². The molecule has 0 radical (unpaired) electrons. The lowest BCUT2D eigenvalue weighted by Gasteiger charge is -2.37. The van der Waals surface area contributed by atoms with Crippen LogP contribution in [-0.2, 0) is 4.79 Å². The molecule has 146 valence electrons. The van der Waals surface area contributed by atoms with E-state index in [1.54, 1.807) is 18.3 Å². The number of carbonyl (C=O) groups excluding carboxylic acids is 2. The van der Waals surface area contributed by atoms with Gasteiger partial charge in [-0.05, 0) is 49.9 Å². The minimum atomic E-state index is -0.473. The van der Waals surface area contributed by atoms with Crippen molar-refractivity contribution in [3.8, 4) is 0 Å². The predicted molar refractivity (Wildman–Crippen MR) is 102 cm³/mol. The highest BCUT2D eigenvalue weighted by Gasteiger charge is 2.43. The standard InChI is InChI=1S/C19H28N6O2/c20-16(26)14-2-1-5-22-17(14)24-8-10-25(11-9-24)18(27)15-12-19(13-23-15)3-6-21-7-4-19/h1-2,5,15,21,23H,3-4,6-13H2,(H2,20,26)/t15-/m0/s1. The highest BCUT2D eigenvalue weighted by molar-refractivity contribution is 5.97. The molecule has 4 N–H and O–H groups in total. The summed E-state index contributed by atoms with van der Waals surface area (Å²) >= 11 is 0. The normalized spacial score (nSPS) is 25.0. The Bertz CT molecular complexity index is 710. The molecular weight excluding hydrogens is 344 g/mol. The predicted octanol–water partition coefficient (Wildman–Crippen LogP) is -0.439. The van der Waals surface area contributed by atoms with Crippen LogP contribution in [0.15, 0.2) is 18.3 Å². The van der Waals surface area contributed by atoms with Gasteiger partial charge in [-0.15, -0.1) is 0 Å². The summed E-state index contributed by atoms with van der Waals surface area (Å²) in [7, 11) is 0. The largest absolute Gasteiger partial charge is 0.365 e. The second-order valence-electron chi connectivity index (χ2n) is 7.94. The first-order valence-electron chi connectivity index (χ1n) is 9.81. The molecule has 3 fully saturated rings. The summed E-state index contributed by atoms with van der Waals surface area (Å²) in [6, 6.07) is 3.35. The molecule has 1 spiro atoms. The lowest BCUT2D eigenvalue weighted by atomic mass is 9.77. The van der Waals surface area contributed by atoms with Crippen LogP contribution in [0.2, 0.25) is 0 Å². The molecule has 0 unspecified atom stereocenters. The van der Waals surface area contributed by atoms with Crippen molar-refractivity contribution in [3.05, 3.63) is 23.9 Å². The summed E-state index contributed by atoms with van der Waals surface area (Å²) in [6.07, 6.45) is 4.90. The first-order chi connectivity index (χ1) is 13.1. The number of carbonyl (C=O) groups is 2. The Morgan fingerprint density at radius 1 is 1.19 bits per heavy atom. The van der Waals surface area contributed by atoms with Gasteiger partial charge in [0.15, 0.2) is 0 Å². The zero-order valence-electron chi connectivity index (χ0n) is 15.6. The number of piperidine rings is 1. The minimum Gasteiger partial charge on any atom is -0.365 e. The molecule has 3 saturated heterocycles. The Kier molecular flexibility index (Phi) is 5.01. The molecule has 8 heteroatoms. The van der Waals surface area contributed by atoms with Crippen LogP contribution in [0, 0.1) is 5.41 Å². The molecule has 3 aliphatic rings. The average Bonchev–Trinajstić information content (AvgIpc) is 3.11. The maximum atomic E-state index is 13.0. The molecule has 4 heterocycles. The third-order valence-corrected chi connectivity index (χ3v) is 6.27. The van der Waals surface area contributed by atoms with Gasteiger partial charge in [-0.25, -0.2) is 4.98 Å². The zero-order chi connectivity index (χ0) is 18.9. The van der Waals surface area contributed by atoms with Crippen molar-refractivity contribution in [3.63, 3.8) is 0 Å². The van der Waals surface area contributed by atoms with Crippen molar-refractivity contribution in [2.24, 2.45) is 11.1 Å². The van der Waals surface area contributed by atoms with Gasteiger partial charge in [0.2, 0.25) is 5.91 Å². The van der Waals surface area contributed by atoms with Crippen LogP contribution in [0.25, 0.3) is 0 Å². The number of amides is 2. The Labute approximate surface area is 159 Å². The molecule has 3 aliphatic heterocycles. The van der Waals surface area contributed by atoms with Gasteiger partial charge in [-0.2, -0.15) is 0 Å². The molecule has 1 aromatic heterocycles. The summed E-state index contributed by atoms with van der Waals surface area (Å²) in [5, 5.41) is 6.88. The Hall–Kier alpha value is -2.19. The first-order valence-corrected chi connectivity index (χ1v) is 9.81. The van der Waals surface area contributed by atoms with E-state index in [4.69, 9.17) is 5.73 Å². The number of primary amides is 1. The van der Waals surface area contributed by atoms with Crippen LogP contribution in [0.1, 0.15) is 29.6 Å². The molecule has 27 heavy (non-hydrogen) atoms. The number of pyridine rings is 1. The first kappa shape index (κ1) is 18.2. The van der Waals surface area contributed by atoms with E-state index in [2.05, 4.69) is 15.6 Å². The minimum absolute atomic E-state index is 0.0642. The zero-order valence-corrected chi connectivity index (χ0v) is 15.6. The van der Waals surface area contributed by atoms with Crippen LogP contribution in [-0.4, -0.2) is 73.6 Å². The number of hydrogen-bond donors (Lipinski definition) is 3. The van der Waals surface area contributed by atoms with E-state index >= 15 is 0 Å². The van der Waals surface area contributed by atoms with Crippen molar-refractivity contribution >= 4 is 17.6 Å². The third kappa shape index (κ3) is 3.64. The Balaban J connectivity index is 1.36. The van der Waals surface area contributed by atoms with Crippen LogP contribution in [0.4, 0.5) is 5.82 Å². The molecule has 0 aliphatic carbocycles. The second kappa shape index (κ2) is 7.44. The summed E-state index contributed by atoms with van der Waals surface area (Å²) in [5.41, 5.74) is 6.19. The van der Waals surface area contributed by atoms with E-state index in [1.807, 2.05) is 9.80 Å². The molecule has 0 bridgehead atoms. The summed E-state index contributed by atoms with van der Waals surface area (Å²) < 4.78 is 0. The number of nitrogens with one attached hydrogen (secondary N) is 2. The SMILES string of the molecule is NC(=O)c1cccnc1N1CCN(C(=O)[C@@H]2CC3(CCNCC3)CN2)CC1. The second-order valence-corrected chi connectivity index (χ2v) is 7.94. The molecule has 0 saturated carbocycles. The van der Waals surface area contributed by atoms with E-state index < -0.39 is 5.91 Å². The summed E-state index contributed by atoms with van der Waals surface area (Å²) in [6.45, 7) is 5.64. The van der Waals surface area contributed by atoms with E-state index in [1.165, 1.54) is 0 Å². The molecule has 1 atom stereocenters. The van der Waals surface area contributed by atoms with Crippen LogP contribution in [0.5, 0.6) is 0 Å². The number of anilines is 1. The fraction of sp³-hybridized carbons (Fsp3) is 0.632. The molecule has 1 aromatic rings. The van der Waals surface area contributed by atoms with Crippen LogP contribution >= 0.6 is 0 Å². The smallest absolute Gasteiger partial charge is 0.252 e. The third-order valence-electron chi connectivity index (χ3n) is 6.27. The number of aromatic nitrogens is 1. The van der Waals surface area contributed by atoms with E-state index in [0.29, 0.717) is 37.6 Å². The average molecular weight is 372 g/mol. The highest BCUT2D eigenvalue weighted by Crippen LogP contribution is 2.37. The topological polar surface area (TPSA) is 104 Å². The van der Waals surface area contributed by atoms with E-state index in [0.717, 1.165) is 38.9 Å². The number of rotatable bonds is 3. The number of piperazine rings is 1. The van der Waals surface area contributed by atoms with E-state index in [-0.39, 0.29) is 17.4 Å². The fourth-order valence-electron chi connectivity index (χ4n) is 4.63. The van der Waals surface area contributed by atoms with Gasteiger partial charge in [0.05, 0.1) is 11.6 Å². The van der Waals surface area contributed by atoms with E-state index in [9.17, 15) is 9.59 Å².